The third-order valence-corrected chi connectivity index (χ3v) is 4.79. The highest BCUT2D eigenvalue weighted by atomic mass is 15.4. The number of hydrogen-bond acceptors (Lipinski definition) is 3. The van der Waals surface area contributed by atoms with E-state index in [1.54, 1.807) is 0 Å². The van der Waals surface area contributed by atoms with Crippen molar-refractivity contribution in [2.24, 2.45) is 0 Å². The van der Waals surface area contributed by atoms with Gasteiger partial charge in [-0.2, -0.15) is 0 Å². The second kappa shape index (κ2) is 6.13. The van der Waals surface area contributed by atoms with Crippen LogP contribution in [0.25, 0.3) is 10.8 Å². The largest absolute Gasteiger partial charge is 0.297 e. The zero-order chi connectivity index (χ0) is 15.6. The van der Waals surface area contributed by atoms with E-state index in [-0.39, 0.29) is 6.04 Å². The molecule has 1 saturated heterocycles. The summed E-state index contributed by atoms with van der Waals surface area (Å²) in [4.78, 5) is 2.45. The predicted octanol–water partition coefficient (Wildman–Crippen LogP) is 3.64. The molecule has 23 heavy (non-hydrogen) atoms. The van der Waals surface area contributed by atoms with Crippen molar-refractivity contribution in [3.05, 3.63) is 59.9 Å². The van der Waals surface area contributed by atoms with Crippen LogP contribution in [0.3, 0.4) is 0 Å². The quantitative estimate of drug-likeness (QED) is 0.738. The minimum atomic E-state index is 0.194. The lowest BCUT2D eigenvalue weighted by Gasteiger charge is -2.13. The highest BCUT2D eigenvalue weighted by molar-refractivity contribution is 5.83. The molecule has 0 saturated carbocycles. The second-order valence-corrected chi connectivity index (χ2v) is 6.46. The smallest absolute Gasteiger partial charge is 0.0967 e. The van der Waals surface area contributed by atoms with E-state index >= 15 is 0 Å². The van der Waals surface area contributed by atoms with Gasteiger partial charge in [0.2, 0.25) is 0 Å². The molecular formula is C19H22N4. The van der Waals surface area contributed by atoms with Crippen LogP contribution < -0.4 is 0 Å². The Hall–Kier alpha value is -2.20. The van der Waals surface area contributed by atoms with Gasteiger partial charge in [-0.1, -0.05) is 41.6 Å². The number of benzene rings is 2. The Morgan fingerprint density at radius 1 is 1.04 bits per heavy atom. The molecule has 118 valence electrons. The Balaban J connectivity index is 1.55. The first-order chi connectivity index (χ1) is 11.3. The van der Waals surface area contributed by atoms with E-state index in [4.69, 9.17) is 0 Å². The number of hydrogen-bond donors (Lipinski definition) is 0. The summed E-state index contributed by atoms with van der Waals surface area (Å²) >= 11 is 0. The molecule has 2 heterocycles. The van der Waals surface area contributed by atoms with Crippen molar-refractivity contribution in [1.82, 2.24) is 19.9 Å². The van der Waals surface area contributed by atoms with Crippen molar-refractivity contribution < 1.29 is 0 Å². The van der Waals surface area contributed by atoms with Crippen molar-refractivity contribution in [1.29, 1.82) is 0 Å². The van der Waals surface area contributed by atoms with Crippen molar-refractivity contribution in [3.63, 3.8) is 0 Å². The maximum atomic E-state index is 4.36. The molecule has 0 radical (unpaired) electrons. The van der Waals surface area contributed by atoms with Gasteiger partial charge in [0, 0.05) is 6.54 Å². The lowest BCUT2D eigenvalue weighted by molar-refractivity contribution is 0.327. The zero-order valence-electron chi connectivity index (χ0n) is 13.5. The average Bonchev–Trinajstić information content (AvgIpc) is 3.26. The van der Waals surface area contributed by atoms with E-state index in [0.717, 1.165) is 12.2 Å². The van der Waals surface area contributed by atoms with E-state index in [1.807, 2.05) is 4.68 Å². The maximum Gasteiger partial charge on any atom is 0.0967 e. The molecule has 1 aromatic heterocycles. The van der Waals surface area contributed by atoms with Crippen LogP contribution in [0.2, 0.25) is 0 Å². The van der Waals surface area contributed by atoms with Crippen molar-refractivity contribution in [2.75, 3.05) is 13.1 Å². The number of fused-ring (bicyclic) bond motifs is 1. The highest BCUT2D eigenvalue weighted by Crippen LogP contribution is 2.23. The predicted molar refractivity (Wildman–Crippen MR) is 92.3 cm³/mol. The van der Waals surface area contributed by atoms with Gasteiger partial charge in [0.25, 0.3) is 0 Å². The summed E-state index contributed by atoms with van der Waals surface area (Å²) in [5.74, 6) is 0. The third-order valence-electron chi connectivity index (χ3n) is 4.79. The molecule has 1 atom stereocenters. The van der Waals surface area contributed by atoms with Crippen LogP contribution in [-0.2, 0) is 6.54 Å². The lowest BCUT2D eigenvalue weighted by Crippen LogP contribution is -2.18. The SMILES string of the molecule is CC(c1ccc2ccccc2c1)n1cc(CN2CCCC2)nn1. The van der Waals surface area contributed by atoms with Gasteiger partial charge < -0.3 is 0 Å². The Morgan fingerprint density at radius 2 is 1.83 bits per heavy atom. The molecular weight excluding hydrogens is 284 g/mol. The molecule has 0 amide bonds. The van der Waals surface area contributed by atoms with Crippen LogP contribution in [0.1, 0.15) is 37.1 Å². The molecule has 0 aliphatic carbocycles. The van der Waals surface area contributed by atoms with E-state index in [0.29, 0.717) is 0 Å². The fraction of sp³-hybridized carbons (Fsp3) is 0.368. The van der Waals surface area contributed by atoms with Gasteiger partial charge in [0.05, 0.1) is 17.9 Å². The molecule has 1 unspecified atom stereocenters. The molecule has 2 aromatic carbocycles. The van der Waals surface area contributed by atoms with Crippen molar-refractivity contribution in [3.8, 4) is 0 Å². The third kappa shape index (κ3) is 2.99. The van der Waals surface area contributed by atoms with Gasteiger partial charge in [-0.3, -0.25) is 4.90 Å². The van der Waals surface area contributed by atoms with Gasteiger partial charge in [0.1, 0.15) is 0 Å². The molecule has 4 heteroatoms. The summed E-state index contributed by atoms with van der Waals surface area (Å²) in [5.41, 5.74) is 2.33. The van der Waals surface area contributed by atoms with Crippen molar-refractivity contribution in [2.45, 2.75) is 32.4 Å². The van der Waals surface area contributed by atoms with Crippen molar-refractivity contribution >= 4 is 10.8 Å². The summed E-state index contributed by atoms with van der Waals surface area (Å²) in [5, 5.41) is 11.3. The molecule has 1 aliphatic rings. The molecule has 4 rings (SSSR count). The average molecular weight is 306 g/mol. The molecule has 1 aliphatic heterocycles. The first-order valence-corrected chi connectivity index (χ1v) is 8.41. The minimum Gasteiger partial charge on any atom is -0.297 e. The second-order valence-electron chi connectivity index (χ2n) is 6.46. The van der Waals surface area contributed by atoms with Crippen LogP contribution >= 0.6 is 0 Å². The Morgan fingerprint density at radius 3 is 2.65 bits per heavy atom. The molecule has 3 aromatic rings. The van der Waals surface area contributed by atoms with Crippen LogP contribution in [0, 0.1) is 0 Å². The Labute approximate surface area is 136 Å². The fourth-order valence-electron chi connectivity index (χ4n) is 3.37. The van der Waals surface area contributed by atoms with E-state index < -0.39 is 0 Å². The van der Waals surface area contributed by atoms with E-state index in [2.05, 4.69) is 70.8 Å². The highest BCUT2D eigenvalue weighted by Gasteiger charge is 2.15. The lowest BCUT2D eigenvalue weighted by atomic mass is 10.0. The molecule has 0 bridgehead atoms. The Bertz CT molecular complexity index is 802. The van der Waals surface area contributed by atoms with Crippen LogP contribution in [0.4, 0.5) is 0 Å². The first-order valence-electron chi connectivity index (χ1n) is 8.41. The van der Waals surface area contributed by atoms with Crippen LogP contribution in [-0.4, -0.2) is 33.0 Å². The summed E-state index contributed by atoms with van der Waals surface area (Å²) in [6, 6.07) is 15.3. The van der Waals surface area contributed by atoms with E-state index in [1.165, 1.54) is 42.3 Å². The monoisotopic (exact) mass is 306 g/mol. The van der Waals surface area contributed by atoms with E-state index in [9.17, 15) is 0 Å². The number of nitrogens with zero attached hydrogens (tertiary/aromatic N) is 4. The summed E-state index contributed by atoms with van der Waals surface area (Å²) in [6.45, 7) is 5.48. The maximum absolute atomic E-state index is 4.36. The zero-order valence-corrected chi connectivity index (χ0v) is 13.5. The Kier molecular flexibility index (Phi) is 3.83. The summed E-state index contributed by atoms with van der Waals surface area (Å²) < 4.78 is 1.98. The molecule has 4 nitrogen and oxygen atoms in total. The van der Waals surface area contributed by atoms with Gasteiger partial charge in [0.15, 0.2) is 0 Å². The van der Waals surface area contributed by atoms with Gasteiger partial charge in [-0.25, -0.2) is 4.68 Å². The van der Waals surface area contributed by atoms with Gasteiger partial charge >= 0.3 is 0 Å². The molecule has 1 fully saturated rings. The minimum absolute atomic E-state index is 0.194. The van der Waals surface area contributed by atoms with Gasteiger partial charge in [-0.05, 0) is 55.3 Å². The number of rotatable bonds is 4. The summed E-state index contributed by atoms with van der Waals surface area (Å²) in [6.07, 6.45) is 4.71. The molecule has 0 spiro atoms. The first kappa shape index (κ1) is 14.4. The summed E-state index contributed by atoms with van der Waals surface area (Å²) in [7, 11) is 0. The fourth-order valence-corrected chi connectivity index (χ4v) is 3.37. The normalized spacial score (nSPS) is 16.9. The number of likely N-dealkylation sites (tertiary alicyclic amines) is 1. The van der Waals surface area contributed by atoms with Gasteiger partial charge in [-0.15, -0.1) is 5.10 Å². The van der Waals surface area contributed by atoms with Crippen LogP contribution in [0.5, 0.6) is 0 Å². The van der Waals surface area contributed by atoms with Crippen LogP contribution in [0.15, 0.2) is 48.7 Å². The topological polar surface area (TPSA) is 34.0 Å². The number of aromatic nitrogens is 3. The molecule has 0 N–H and O–H groups in total. The standard InChI is InChI=1S/C19H22N4/c1-15(17-9-8-16-6-2-3-7-18(16)12-17)23-14-19(20-21-23)13-22-10-4-5-11-22/h2-3,6-9,12,14-15H,4-5,10-11,13H2,1H3.